The van der Waals surface area contributed by atoms with Crippen molar-refractivity contribution in [1.82, 2.24) is 20.4 Å². The van der Waals surface area contributed by atoms with Gasteiger partial charge in [0.1, 0.15) is 0 Å². The minimum Gasteiger partial charge on any atom is -0.449 e. The summed E-state index contributed by atoms with van der Waals surface area (Å²) in [6.07, 6.45) is 5.14. The van der Waals surface area contributed by atoms with Crippen LogP contribution in [0.4, 0.5) is 9.59 Å². The summed E-state index contributed by atoms with van der Waals surface area (Å²) in [5.74, 6) is -0.00200. The lowest BCUT2D eigenvalue weighted by Gasteiger charge is -2.33. The molecule has 0 aromatic rings. The molecular weight excluding hydrogens is 336 g/mol. The van der Waals surface area contributed by atoms with Crippen molar-refractivity contribution in [3.63, 3.8) is 0 Å². The maximum absolute atomic E-state index is 12.0. The number of carbonyl (C=O) groups is 3. The first-order valence-corrected chi connectivity index (χ1v) is 9.68. The van der Waals surface area contributed by atoms with Crippen LogP contribution in [0.2, 0.25) is 0 Å². The fraction of sp³-hybridized carbons (Fsp3) is 0.833. The molecular formula is C18H32N4O4. The van der Waals surface area contributed by atoms with Crippen molar-refractivity contribution in [2.75, 3.05) is 39.3 Å². The molecule has 2 fully saturated rings. The Bertz CT molecular complexity index is 484. The van der Waals surface area contributed by atoms with Crippen molar-refractivity contribution < 1.29 is 19.1 Å². The third-order valence-electron chi connectivity index (χ3n) is 4.73. The minimum absolute atomic E-state index is 0.160. The van der Waals surface area contributed by atoms with Crippen molar-refractivity contribution in [3.8, 4) is 0 Å². The van der Waals surface area contributed by atoms with Crippen molar-refractivity contribution in [3.05, 3.63) is 0 Å². The molecule has 2 rings (SSSR count). The highest BCUT2D eigenvalue weighted by Crippen LogP contribution is 2.17. The van der Waals surface area contributed by atoms with Crippen LogP contribution in [0.15, 0.2) is 0 Å². The van der Waals surface area contributed by atoms with Gasteiger partial charge in [-0.15, -0.1) is 0 Å². The SMILES string of the molecule is CC(C)COC(=O)N1CCN(CC(=O)NC(=O)NC2CCCCC2)CC1. The fourth-order valence-corrected chi connectivity index (χ4v) is 3.26. The van der Waals surface area contributed by atoms with Crippen molar-refractivity contribution >= 4 is 18.0 Å². The predicted molar refractivity (Wildman–Crippen MR) is 97.7 cm³/mol. The maximum atomic E-state index is 12.0. The first-order valence-electron chi connectivity index (χ1n) is 9.68. The summed E-state index contributed by atoms with van der Waals surface area (Å²) in [5.41, 5.74) is 0. The molecule has 2 N–H and O–H groups in total. The number of carbonyl (C=O) groups excluding carboxylic acids is 3. The molecule has 0 radical (unpaired) electrons. The Morgan fingerprint density at radius 1 is 1.04 bits per heavy atom. The average Bonchev–Trinajstić information content (AvgIpc) is 2.60. The van der Waals surface area contributed by atoms with Crippen LogP contribution < -0.4 is 10.6 Å². The fourth-order valence-electron chi connectivity index (χ4n) is 3.26. The van der Waals surface area contributed by atoms with E-state index in [2.05, 4.69) is 10.6 Å². The van der Waals surface area contributed by atoms with E-state index in [1.807, 2.05) is 18.7 Å². The number of nitrogens with zero attached hydrogens (tertiary/aromatic N) is 2. The van der Waals surface area contributed by atoms with Gasteiger partial charge in [-0.25, -0.2) is 9.59 Å². The van der Waals surface area contributed by atoms with E-state index in [0.29, 0.717) is 38.7 Å². The number of hydrogen-bond donors (Lipinski definition) is 2. The van der Waals surface area contributed by atoms with Crippen LogP contribution in [-0.4, -0.2) is 73.2 Å². The summed E-state index contributed by atoms with van der Waals surface area (Å²) < 4.78 is 5.22. The van der Waals surface area contributed by atoms with Gasteiger partial charge in [-0.3, -0.25) is 15.0 Å². The Hall–Kier alpha value is -1.83. The number of amides is 4. The van der Waals surface area contributed by atoms with Crippen LogP contribution in [0.25, 0.3) is 0 Å². The molecule has 1 aliphatic heterocycles. The van der Waals surface area contributed by atoms with Gasteiger partial charge in [0.2, 0.25) is 5.91 Å². The Morgan fingerprint density at radius 2 is 1.69 bits per heavy atom. The number of urea groups is 1. The van der Waals surface area contributed by atoms with Gasteiger partial charge in [0.25, 0.3) is 0 Å². The van der Waals surface area contributed by atoms with Crippen molar-refractivity contribution in [2.24, 2.45) is 5.92 Å². The topological polar surface area (TPSA) is 91.0 Å². The lowest BCUT2D eigenvalue weighted by Crippen LogP contribution is -2.53. The Balaban J connectivity index is 1.62. The largest absolute Gasteiger partial charge is 0.449 e. The molecule has 0 bridgehead atoms. The van der Waals surface area contributed by atoms with Gasteiger partial charge < -0.3 is 15.0 Å². The highest BCUT2D eigenvalue weighted by molar-refractivity contribution is 5.95. The molecule has 4 amide bonds. The highest BCUT2D eigenvalue weighted by atomic mass is 16.6. The van der Waals surface area contributed by atoms with E-state index in [1.54, 1.807) is 4.90 Å². The van der Waals surface area contributed by atoms with E-state index in [0.717, 1.165) is 25.7 Å². The minimum atomic E-state index is -0.405. The Kier molecular flexibility index (Phi) is 8.15. The van der Waals surface area contributed by atoms with Crippen LogP contribution in [0.3, 0.4) is 0 Å². The summed E-state index contributed by atoms with van der Waals surface area (Å²) in [7, 11) is 0. The van der Waals surface area contributed by atoms with Crippen LogP contribution >= 0.6 is 0 Å². The first-order chi connectivity index (χ1) is 12.4. The quantitative estimate of drug-likeness (QED) is 0.768. The highest BCUT2D eigenvalue weighted by Gasteiger charge is 2.24. The lowest BCUT2D eigenvalue weighted by atomic mass is 9.96. The number of hydrogen-bond acceptors (Lipinski definition) is 5. The van der Waals surface area contributed by atoms with E-state index in [9.17, 15) is 14.4 Å². The number of imide groups is 1. The lowest BCUT2D eigenvalue weighted by molar-refractivity contribution is -0.121. The molecule has 8 nitrogen and oxygen atoms in total. The molecule has 8 heteroatoms. The molecule has 26 heavy (non-hydrogen) atoms. The van der Waals surface area contributed by atoms with Crippen molar-refractivity contribution in [1.29, 1.82) is 0 Å². The molecule has 1 saturated carbocycles. The molecule has 0 aromatic heterocycles. The summed E-state index contributed by atoms with van der Waals surface area (Å²) in [5, 5.41) is 5.28. The zero-order valence-electron chi connectivity index (χ0n) is 16.0. The molecule has 0 unspecified atom stereocenters. The monoisotopic (exact) mass is 368 g/mol. The number of ether oxygens (including phenoxy) is 1. The zero-order chi connectivity index (χ0) is 18.9. The van der Waals surface area contributed by atoms with E-state index >= 15 is 0 Å². The van der Waals surface area contributed by atoms with E-state index in [4.69, 9.17) is 4.74 Å². The third-order valence-corrected chi connectivity index (χ3v) is 4.73. The number of nitrogens with one attached hydrogen (secondary N) is 2. The molecule has 2 aliphatic rings. The van der Waals surface area contributed by atoms with Crippen molar-refractivity contribution in [2.45, 2.75) is 52.0 Å². The third kappa shape index (κ3) is 7.19. The average molecular weight is 368 g/mol. The van der Waals surface area contributed by atoms with Crippen LogP contribution in [0.1, 0.15) is 46.0 Å². The second kappa shape index (κ2) is 10.4. The van der Waals surface area contributed by atoms with Gasteiger partial charge in [0.15, 0.2) is 0 Å². The number of rotatable bonds is 5. The molecule has 0 atom stereocenters. The summed E-state index contributed by atoms with van der Waals surface area (Å²) >= 11 is 0. The summed E-state index contributed by atoms with van der Waals surface area (Å²) in [6, 6.07) is -0.227. The Labute approximate surface area is 155 Å². The molecule has 1 aliphatic carbocycles. The molecule has 0 aromatic carbocycles. The normalized spacial score (nSPS) is 19.3. The van der Waals surface area contributed by atoms with Crippen LogP contribution in [0, 0.1) is 5.92 Å². The van der Waals surface area contributed by atoms with Gasteiger partial charge in [0, 0.05) is 32.2 Å². The van der Waals surface area contributed by atoms with Gasteiger partial charge in [-0.2, -0.15) is 0 Å². The predicted octanol–water partition coefficient (Wildman–Crippen LogP) is 1.56. The van der Waals surface area contributed by atoms with Crippen LogP contribution in [0.5, 0.6) is 0 Å². The van der Waals surface area contributed by atoms with Crippen LogP contribution in [-0.2, 0) is 9.53 Å². The van der Waals surface area contributed by atoms with Gasteiger partial charge >= 0.3 is 12.1 Å². The van der Waals surface area contributed by atoms with Gasteiger partial charge in [-0.1, -0.05) is 33.1 Å². The first kappa shape index (κ1) is 20.5. The van der Waals surface area contributed by atoms with Gasteiger partial charge in [-0.05, 0) is 18.8 Å². The second-order valence-corrected chi connectivity index (χ2v) is 7.59. The summed E-state index contributed by atoms with van der Waals surface area (Å²) in [6.45, 7) is 6.80. The zero-order valence-corrected chi connectivity index (χ0v) is 16.0. The van der Waals surface area contributed by atoms with Gasteiger partial charge in [0.05, 0.1) is 13.2 Å². The Morgan fingerprint density at radius 3 is 2.31 bits per heavy atom. The second-order valence-electron chi connectivity index (χ2n) is 7.59. The molecule has 1 heterocycles. The standard InChI is InChI=1S/C18H32N4O4/c1-14(2)13-26-18(25)22-10-8-21(9-11-22)12-16(23)20-17(24)19-15-6-4-3-5-7-15/h14-15H,3-13H2,1-2H3,(H2,19,20,23,24). The molecule has 148 valence electrons. The summed E-state index contributed by atoms with van der Waals surface area (Å²) in [4.78, 5) is 39.5. The molecule has 0 spiro atoms. The van der Waals surface area contributed by atoms with E-state index in [-0.39, 0.29) is 24.6 Å². The van der Waals surface area contributed by atoms with E-state index in [1.165, 1.54) is 6.42 Å². The number of piperazine rings is 1. The smallest absolute Gasteiger partial charge is 0.409 e. The molecule has 1 saturated heterocycles. The maximum Gasteiger partial charge on any atom is 0.409 e. The van der Waals surface area contributed by atoms with E-state index < -0.39 is 6.03 Å².